The van der Waals surface area contributed by atoms with Gasteiger partial charge < -0.3 is 5.11 Å². The van der Waals surface area contributed by atoms with Gasteiger partial charge in [-0.2, -0.15) is 0 Å². The van der Waals surface area contributed by atoms with Gasteiger partial charge in [0, 0.05) is 22.2 Å². The van der Waals surface area contributed by atoms with Crippen LogP contribution in [-0.4, -0.2) is 23.3 Å². The van der Waals surface area contributed by atoms with Crippen LogP contribution in [0.2, 0.25) is 0 Å². The van der Waals surface area contributed by atoms with Gasteiger partial charge in [0.25, 0.3) is 0 Å². The normalized spacial score (nSPS) is 12.5. The summed E-state index contributed by atoms with van der Waals surface area (Å²) < 4.78 is 0.720. The predicted octanol–water partition coefficient (Wildman–Crippen LogP) is 2.24. The van der Waals surface area contributed by atoms with Crippen molar-refractivity contribution in [3.8, 4) is 0 Å². The van der Waals surface area contributed by atoms with Crippen molar-refractivity contribution in [3.05, 3.63) is 22.8 Å². The monoisotopic (exact) mass is 281 g/mol. The first-order valence-electron chi connectivity index (χ1n) is 2.94. The zero-order valence-corrected chi connectivity index (χ0v) is 9.10. The molecule has 1 N–H and O–H groups in total. The number of alkyl halides is 1. The summed E-state index contributed by atoms with van der Waals surface area (Å²) in [7, 11) is 0. The lowest BCUT2D eigenvalue weighted by Crippen LogP contribution is -1.86. The smallest absolute Gasteiger partial charge is 0.0687 e. The minimum atomic E-state index is -0.0546. The molecule has 0 aliphatic rings. The van der Waals surface area contributed by atoms with Gasteiger partial charge in [-0.3, -0.25) is 4.99 Å². The number of aliphatic hydroxyl groups excluding tert-OH is 1. The van der Waals surface area contributed by atoms with Crippen LogP contribution in [-0.2, 0) is 0 Å². The van der Waals surface area contributed by atoms with Crippen LogP contribution in [0.5, 0.6) is 0 Å². The lowest BCUT2D eigenvalue weighted by Gasteiger charge is -1.95. The van der Waals surface area contributed by atoms with Crippen LogP contribution in [0.15, 0.2) is 27.8 Å². The highest BCUT2D eigenvalue weighted by molar-refractivity contribution is 9.12. The molecule has 11 heavy (non-hydrogen) atoms. The molecule has 0 bridgehead atoms. The van der Waals surface area contributed by atoms with E-state index in [1.54, 1.807) is 12.4 Å². The number of hydrogen-bond acceptors (Lipinski definition) is 2. The van der Waals surface area contributed by atoms with Crippen molar-refractivity contribution in [1.82, 2.24) is 0 Å². The molecule has 0 heterocycles. The zero-order chi connectivity index (χ0) is 8.69. The Labute approximate surface area is 83.0 Å². The Kier molecular flexibility index (Phi) is 6.80. The number of nitrogens with zero attached hydrogens (tertiary/aromatic N) is 1. The summed E-state index contributed by atoms with van der Waals surface area (Å²) in [5.41, 5.74) is 0.622. The highest BCUT2D eigenvalue weighted by Gasteiger charge is 1.93. The zero-order valence-electron chi connectivity index (χ0n) is 5.93. The lowest BCUT2D eigenvalue weighted by atomic mass is 10.3. The molecule has 0 unspecified atom stereocenters. The Balaban J connectivity index is 4.00. The first-order chi connectivity index (χ1) is 5.22. The van der Waals surface area contributed by atoms with E-state index in [0.29, 0.717) is 5.57 Å². The van der Waals surface area contributed by atoms with E-state index in [1.165, 1.54) is 0 Å². The van der Waals surface area contributed by atoms with Crippen LogP contribution in [0.1, 0.15) is 0 Å². The lowest BCUT2D eigenvalue weighted by molar-refractivity contribution is 0.335. The summed E-state index contributed by atoms with van der Waals surface area (Å²) in [5.74, 6) is 0. The third-order valence-electron chi connectivity index (χ3n) is 0.891. The Bertz CT molecular complexity index is 187. The molecule has 0 aromatic heterocycles. The summed E-state index contributed by atoms with van der Waals surface area (Å²) >= 11 is 6.39. The van der Waals surface area contributed by atoms with Crippen molar-refractivity contribution in [2.45, 2.75) is 0 Å². The number of aliphatic imine (C=N–C) groups is 1. The predicted molar refractivity (Wildman–Crippen MR) is 55.5 cm³/mol. The maximum Gasteiger partial charge on any atom is 0.0687 e. The highest BCUT2D eigenvalue weighted by atomic mass is 79.9. The van der Waals surface area contributed by atoms with Crippen LogP contribution in [0.3, 0.4) is 0 Å². The summed E-state index contributed by atoms with van der Waals surface area (Å²) in [6.07, 6.45) is 3.30. The van der Waals surface area contributed by atoms with Crippen molar-refractivity contribution < 1.29 is 5.11 Å². The van der Waals surface area contributed by atoms with Gasteiger partial charge in [0.2, 0.25) is 0 Å². The minimum absolute atomic E-state index is 0.0546. The van der Waals surface area contributed by atoms with Gasteiger partial charge in [0.1, 0.15) is 0 Å². The van der Waals surface area contributed by atoms with E-state index >= 15 is 0 Å². The largest absolute Gasteiger partial charge is 0.392 e. The maximum atomic E-state index is 8.63. The van der Waals surface area contributed by atoms with Gasteiger partial charge in [-0.25, -0.2) is 0 Å². The summed E-state index contributed by atoms with van der Waals surface area (Å²) in [6, 6.07) is 0. The van der Waals surface area contributed by atoms with E-state index in [4.69, 9.17) is 5.11 Å². The number of aliphatic hydroxyl groups is 1. The highest BCUT2D eigenvalue weighted by Crippen LogP contribution is 2.13. The van der Waals surface area contributed by atoms with Gasteiger partial charge in [-0.1, -0.05) is 22.5 Å². The number of rotatable bonds is 4. The molecular formula is C7H9Br2NO. The first-order valence-corrected chi connectivity index (χ1v) is 4.86. The second kappa shape index (κ2) is 6.76. The van der Waals surface area contributed by atoms with Crippen LogP contribution in [0.4, 0.5) is 0 Å². The SMILES string of the molecule is C=C(CO)/C(Br)=C\N=C/CBr. The molecule has 0 aliphatic heterocycles. The maximum absolute atomic E-state index is 8.63. The molecule has 2 nitrogen and oxygen atoms in total. The standard InChI is InChI=1S/C7H9Br2NO/c1-6(5-11)7(9)4-10-3-2-8/h3-4,11H,1-2,5H2/b7-4+,10-3-. The summed E-state index contributed by atoms with van der Waals surface area (Å²) in [5, 5.41) is 9.35. The molecule has 62 valence electrons. The van der Waals surface area contributed by atoms with Crippen molar-refractivity contribution >= 4 is 38.1 Å². The molecule has 0 spiro atoms. The third kappa shape index (κ3) is 5.35. The van der Waals surface area contributed by atoms with Gasteiger partial charge in [-0.15, -0.1) is 0 Å². The first kappa shape index (κ1) is 11.1. The van der Waals surface area contributed by atoms with Crippen molar-refractivity contribution in [2.24, 2.45) is 4.99 Å². The van der Waals surface area contributed by atoms with Crippen LogP contribution < -0.4 is 0 Å². The molecule has 0 rings (SSSR count). The molecule has 0 aromatic rings. The Morgan fingerprint density at radius 3 is 2.73 bits per heavy atom. The van der Waals surface area contributed by atoms with Gasteiger partial charge in [0.15, 0.2) is 0 Å². The Morgan fingerprint density at radius 2 is 2.27 bits per heavy atom. The summed E-state index contributed by atoms with van der Waals surface area (Å²) in [4.78, 5) is 3.91. The van der Waals surface area contributed by atoms with Gasteiger partial charge >= 0.3 is 0 Å². The molecule has 0 amide bonds. The quantitative estimate of drug-likeness (QED) is 0.479. The van der Waals surface area contributed by atoms with Crippen molar-refractivity contribution in [1.29, 1.82) is 0 Å². The van der Waals surface area contributed by atoms with E-state index in [0.717, 1.165) is 9.81 Å². The fourth-order valence-electron chi connectivity index (χ4n) is 0.325. The van der Waals surface area contributed by atoms with Crippen LogP contribution in [0.25, 0.3) is 0 Å². The van der Waals surface area contributed by atoms with Crippen LogP contribution >= 0.6 is 31.9 Å². The molecule has 0 saturated carbocycles. The van der Waals surface area contributed by atoms with E-state index in [9.17, 15) is 0 Å². The molecule has 0 atom stereocenters. The second-order valence-corrected chi connectivity index (χ2v) is 3.23. The minimum Gasteiger partial charge on any atom is -0.392 e. The topological polar surface area (TPSA) is 32.6 Å². The molecular weight excluding hydrogens is 274 g/mol. The molecule has 0 fully saturated rings. The summed E-state index contributed by atoms with van der Waals surface area (Å²) in [6.45, 7) is 3.55. The second-order valence-electron chi connectivity index (χ2n) is 1.72. The fourth-order valence-corrected chi connectivity index (χ4v) is 0.736. The third-order valence-corrected chi connectivity index (χ3v) is 1.95. The molecule has 0 radical (unpaired) electrons. The van der Waals surface area contributed by atoms with E-state index in [2.05, 4.69) is 43.4 Å². The fraction of sp³-hybridized carbons (Fsp3) is 0.286. The number of hydrogen-bond donors (Lipinski definition) is 1. The van der Waals surface area contributed by atoms with Gasteiger partial charge in [-0.05, 0) is 21.5 Å². The van der Waals surface area contributed by atoms with E-state index in [1.807, 2.05) is 0 Å². The molecule has 0 saturated heterocycles. The van der Waals surface area contributed by atoms with E-state index in [-0.39, 0.29) is 6.61 Å². The molecule has 0 aromatic carbocycles. The molecule has 0 aliphatic carbocycles. The average molecular weight is 283 g/mol. The van der Waals surface area contributed by atoms with Crippen molar-refractivity contribution in [2.75, 3.05) is 11.9 Å². The van der Waals surface area contributed by atoms with Gasteiger partial charge in [0.05, 0.1) is 6.61 Å². The Hall–Kier alpha value is 0.0700. The average Bonchev–Trinajstić information content (AvgIpc) is 2.03. The van der Waals surface area contributed by atoms with Crippen molar-refractivity contribution in [3.63, 3.8) is 0 Å². The molecule has 4 heteroatoms. The Morgan fingerprint density at radius 1 is 1.64 bits per heavy atom. The number of halogens is 2. The van der Waals surface area contributed by atoms with E-state index < -0.39 is 0 Å². The van der Waals surface area contributed by atoms with Crippen LogP contribution in [0, 0.1) is 0 Å².